The maximum Gasteiger partial charge on any atom is 0.320 e. The molecule has 3 rings (SSSR count). The molecule has 2 aliphatic rings. The van der Waals surface area contributed by atoms with Crippen LogP contribution in [0.25, 0.3) is 0 Å². The Labute approximate surface area is 154 Å². The molecule has 1 aromatic rings. The molecule has 2 saturated heterocycles. The van der Waals surface area contributed by atoms with E-state index in [1.165, 1.54) is 6.42 Å². The van der Waals surface area contributed by atoms with Crippen molar-refractivity contribution in [2.45, 2.75) is 39.2 Å². The van der Waals surface area contributed by atoms with Crippen molar-refractivity contribution in [3.8, 4) is 0 Å². The Bertz CT molecular complexity index is 604. The number of hydrogen-bond donors (Lipinski definition) is 1. The summed E-state index contributed by atoms with van der Waals surface area (Å²) in [6, 6.07) is 0.0608. The van der Waals surface area contributed by atoms with Gasteiger partial charge in [-0.1, -0.05) is 6.92 Å². The van der Waals surface area contributed by atoms with E-state index in [-0.39, 0.29) is 12.1 Å². The van der Waals surface area contributed by atoms with Crippen LogP contribution in [0.3, 0.4) is 0 Å². The minimum atomic E-state index is -0.0683. The molecule has 0 spiro atoms. The van der Waals surface area contributed by atoms with Crippen LogP contribution in [0.1, 0.15) is 32.0 Å². The van der Waals surface area contributed by atoms with Crippen molar-refractivity contribution in [3.63, 3.8) is 0 Å². The standard InChI is InChI=1S/C17H29N7O2/c1-2-15-20-19-14-24(15)9-6-18-16(25)21-10-12-23(13-11-21)17(26)22-7-4-3-5-8-22/h14H,2-13H2,1H3,(H,18,25). The Hall–Kier alpha value is -2.32. The lowest BCUT2D eigenvalue weighted by atomic mass is 10.1. The molecule has 0 bridgehead atoms. The largest absolute Gasteiger partial charge is 0.336 e. The first-order valence-electron chi connectivity index (χ1n) is 9.62. The summed E-state index contributed by atoms with van der Waals surface area (Å²) >= 11 is 0. The lowest BCUT2D eigenvalue weighted by molar-refractivity contribution is 0.113. The fourth-order valence-corrected chi connectivity index (χ4v) is 3.52. The van der Waals surface area contributed by atoms with Gasteiger partial charge in [-0.25, -0.2) is 9.59 Å². The lowest BCUT2D eigenvalue weighted by Crippen LogP contribution is -2.56. The number of rotatable bonds is 4. The lowest BCUT2D eigenvalue weighted by Gasteiger charge is -2.38. The third kappa shape index (κ3) is 4.44. The summed E-state index contributed by atoms with van der Waals surface area (Å²) in [5.74, 6) is 0.920. The summed E-state index contributed by atoms with van der Waals surface area (Å²) in [7, 11) is 0. The zero-order valence-corrected chi connectivity index (χ0v) is 15.6. The molecule has 9 heteroatoms. The van der Waals surface area contributed by atoms with Crippen molar-refractivity contribution in [1.29, 1.82) is 0 Å². The molecule has 0 unspecified atom stereocenters. The zero-order chi connectivity index (χ0) is 18.4. The maximum atomic E-state index is 12.5. The van der Waals surface area contributed by atoms with Crippen molar-refractivity contribution in [3.05, 3.63) is 12.2 Å². The van der Waals surface area contributed by atoms with Gasteiger partial charge in [0.25, 0.3) is 0 Å². The van der Waals surface area contributed by atoms with Gasteiger partial charge in [-0.05, 0) is 19.3 Å². The average Bonchev–Trinajstić information content (AvgIpc) is 3.15. The predicted octanol–water partition coefficient (Wildman–Crippen LogP) is 0.774. The number of piperazine rings is 1. The van der Waals surface area contributed by atoms with Gasteiger partial charge in [0.1, 0.15) is 12.2 Å². The number of nitrogens with zero attached hydrogens (tertiary/aromatic N) is 6. The highest BCUT2D eigenvalue weighted by Crippen LogP contribution is 2.13. The van der Waals surface area contributed by atoms with E-state index < -0.39 is 0 Å². The molecule has 0 saturated carbocycles. The van der Waals surface area contributed by atoms with E-state index in [2.05, 4.69) is 15.5 Å². The summed E-state index contributed by atoms with van der Waals surface area (Å²) < 4.78 is 1.95. The minimum Gasteiger partial charge on any atom is -0.336 e. The second-order valence-corrected chi connectivity index (χ2v) is 6.83. The summed E-state index contributed by atoms with van der Waals surface area (Å²) in [6.45, 7) is 7.33. The molecule has 9 nitrogen and oxygen atoms in total. The van der Waals surface area contributed by atoms with Crippen LogP contribution >= 0.6 is 0 Å². The first-order valence-corrected chi connectivity index (χ1v) is 9.62. The van der Waals surface area contributed by atoms with Crippen LogP contribution in [-0.2, 0) is 13.0 Å². The van der Waals surface area contributed by atoms with E-state index in [1.54, 1.807) is 11.2 Å². The number of nitrogens with one attached hydrogen (secondary N) is 1. The molecule has 2 aliphatic heterocycles. The number of likely N-dealkylation sites (tertiary alicyclic amines) is 1. The van der Waals surface area contributed by atoms with E-state index in [4.69, 9.17) is 0 Å². The first-order chi connectivity index (χ1) is 12.7. The quantitative estimate of drug-likeness (QED) is 0.856. The third-order valence-corrected chi connectivity index (χ3v) is 5.10. The maximum absolute atomic E-state index is 12.5. The Kier molecular flexibility index (Phi) is 6.30. The predicted molar refractivity (Wildman–Crippen MR) is 96.8 cm³/mol. The SMILES string of the molecule is CCc1nncn1CCNC(=O)N1CCN(C(=O)N2CCCCC2)CC1. The van der Waals surface area contributed by atoms with Crippen LogP contribution in [0.4, 0.5) is 9.59 Å². The van der Waals surface area contributed by atoms with Crippen LogP contribution in [0.2, 0.25) is 0 Å². The fraction of sp³-hybridized carbons (Fsp3) is 0.765. The number of amides is 4. The Morgan fingerprint density at radius 3 is 2.35 bits per heavy atom. The van der Waals surface area contributed by atoms with E-state index in [0.29, 0.717) is 39.3 Å². The second-order valence-electron chi connectivity index (χ2n) is 6.83. The number of urea groups is 2. The van der Waals surface area contributed by atoms with E-state index in [0.717, 1.165) is 38.2 Å². The van der Waals surface area contributed by atoms with Gasteiger partial charge in [0.05, 0.1) is 0 Å². The van der Waals surface area contributed by atoms with Crippen LogP contribution in [0.15, 0.2) is 6.33 Å². The first kappa shape index (κ1) is 18.5. The molecule has 0 aromatic carbocycles. The zero-order valence-electron chi connectivity index (χ0n) is 15.6. The van der Waals surface area contributed by atoms with Gasteiger partial charge in [0, 0.05) is 58.8 Å². The van der Waals surface area contributed by atoms with Crippen LogP contribution < -0.4 is 5.32 Å². The molecule has 0 atom stereocenters. The highest BCUT2D eigenvalue weighted by atomic mass is 16.2. The molecule has 0 radical (unpaired) electrons. The highest BCUT2D eigenvalue weighted by Gasteiger charge is 2.27. The summed E-state index contributed by atoms with van der Waals surface area (Å²) in [4.78, 5) is 30.4. The highest BCUT2D eigenvalue weighted by molar-refractivity contribution is 5.76. The van der Waals surface area contributed by atoms with Gasteiger partial charge in [0.15, 0.2) is 0 Å². The molecule has 4 amide bonds. The van der Waals surface area contributed by atoms with Gasteiger partial charge >= 0.3 is 12.1 Å². The van der Waals surface area contributed by atoms with Gasteiger partial charge < -0.3 is 24.6 Å². The molecule has 144 valence electrons. The Morgan fingerprint density at radius 2 is 1.65 bits per heavy atom. The Morgan fingerprint density at radius 1 is 1.00 bits per heavy atom. The number of carbonyl (C=O) groups is 2. The minimum absolute atomic E-state index is 0.0683. The van der Waals surface area contributed by atoms with Gasteiger partial charge in [-0.2, -0.15) is 0 Å². The molecular formula is C17H29N7O2. The van der Waals surface area contributed by atoms with E-state index in [9.17, 15) is 9.59 Å². The van der Waals surface area contributed by atoms with Crippen molar-refractivity contribution in [2.24, 2.45) is 0 Å². The monoisotopic (exact) mass is 363 g/mol. The van der Waals surface area contributed by atoms with Crippen molar-refractivity contribution in [2.75, 3.05) is 45.8 Å². The van der Waals surface area contributed by atoms with Crippen LogP contribution in [0.5, 0.6) is 0 Å². The number of aromatic nitrogens is 3. The van der Waals surface area contributed by atoms with Gasteiger partial charge in [-0.15, -0.1) is 10.2 Å². The second kappa shape index (κ2) is 8.86. The summed E-state index contributed by atoms with van der Waals surface area (Å²) in [6.07, 6.45) is 5.92. The van der Waals surface area contributed by atoms with Gasteiger partial charge in [0.2, 0.25) is 0 Å². The molecule has 26 heavy (non-hydrogen) atoms. The van der Waals surface area contributed by atoms with E-state index in [1.807, 2.05) is 21.3 Å². The van der Waals surface area contributed by atoms with E-state index >= 15 is 0 Å². The molecule has 3 heterocycles. The number of aryl methyl sites for hydroxylation is 1. The number of hydrogen-bond acceptors (Lipinski definition) is 4. The average molecular weight is 363 g/mol. The Balaban J connectivity index is 1.38. The van der Waals surface area contributed by atoms with Crippen molar-refractivity contribution in [1.82, 2.24) is 34.8 Å². The van der Waals surface area contributed by atoms with Crippen LogP contribution in [0, 0.1) is 0 Å². The third-order valence-electron chi connectivity index (χ3n) is 5.10. The number of carbonyl (C=O) groups excluding carboxylic acids is 2. The summed E-state index contributed by atoms with van der Waals surface area (Å²) in [5, 5.41) is 10.9. The number of piperidine rings is 1. The topological polar surface area (TPSA) is 86.6 Å². The summed E-state index contributed by atoms with van der Waals surface area (Å²) in [5.41, 5.74) is 0. The van der Waals surface area contributed by atoms with Crippen molar-refractivity contribution >= 4 is 12.1 Å². The molecule has 1 aromatic heterocycles. The van der Waals surface area contributed by atoms with Crippen LogP contribution in [-0.4, -0.2) is 87.3 Å². The fourth-order valence-electron chi connectivity index (χ4n) is 3.52. The van der Waals surface area contributed by atoms with Crippen molar-refractivity contribution < 1.29 is 9.59 Å². The molecular weight excluding hydrogens is 334 g/mol. The van der Waals surface area contributed by atoms with Gasteiger partial charge in [-0.3, -0.25) is 0 Å². The molecule has 1 N–H and O–H groups in total. The normalized spacial score (nSPS) is 18.1. The molecule has 2 fully saturated rings. The molecule has 0 aliphatic carbocycles. The smallest absolute Gasteiger partial charge is 0.320 e.